The van der Waals surface area contributed by atoms with E-state index in [4.69, 9.17) is 9.84 Å². The van der Waals surface area contributed by atoms with Crippen molar-refractivity contribution in [3.05, 3.63) is 41.8 Å². The van der Waals surface area contributed by atoms with Gasteiger partial charge in [0.2, 0.25) is 5.88 Å². The molecule has 22 heavy (non-hydrogen) atoms. The summed E-state index contributed by atoms with van der Waals surface area (Å²) in [5, 5.41) is 12.8. The first-order valence-electron chi connectivity index (χ1n) is 6.31. The zero-order chi connectivity index (χ0) is 16.3. The molecule has 1 N–H and O–H groups in total. The van der Waals surface area contributed by atoms with Crippen molar-refractivity contribution in [2.45, 2.75) is 0 Å². The monoisotopic (exact) mass is 307 g/mol. The fourth-order valence-corrected chi connectivity index (χ4v) is 1.63. The molecule has 1 heterocycles. The number of carboxylic acid groups (broad SMARTS) is 1. The zero-order valence-electron chi connectivity index (χ0n) is 12.0. The predicted octanol–water partition coefficient (Wildman–Crippen LogP) is 1.18. The Balaban J connectivity index is 2.38. The third-order valence-corrected chi connectivity index (χ3v) is 2.82. The second-order valence-corrected chi connectivity index (χ2v) is 4.61. The molecule has 0 aliphatic heterocycles. The summed E-state index contributed by atoms with van der Waals surface area (Å²) in [6, 6.07) is 6.85. The molecule has 0 saturated carbocycles. The van der Waals surface area contributed by atoms with Gasteiger partial charge in [0, 0.05) is 20.2 Å². The van der Waals surface area contributed by atoms with Crippen molar-refractivity contribution in [1.29, 1.82) is 0 Å². The van der Waals surface area contributed by atoms with Crippen molar-refractivity contribution in [1.82, 2.24) is 14.7 Å². The standard InChI is InChI=1S/C14H14FN3O4/c1-17(2)12(19)8-22-13-7-10(14(20)21)16-18(13)11-6-4-3-5-9(11)15/h3-7H,8H2,1-2H3,(H,20,21). The van der Waals surface area contributed by atoms with Gasteiger partial charge in [-0.3, -0.25) is 4.79 Å². The summed E-state index contributed by atoms with van der Waals surface area (Å²) >= 11 is 0. The molecular weight excluding hydrogens is 293 g/mol. The largest absolute Gasteiger partial charge is 0.476 e. The van der Waals surface area contributed by atoms with Gasteiger partial charge in [-0.15, -0.1) is 0 Å². The molecule has 8 heteroatoms. The van der Waals surface area contributed by atoms with Crippen LogP contribution in [0, 0.1) is 5.82 Å². The highest BCUT2D eigenvalue weighted by Gasteiger charge is 2.18. The molecule has 2 aromatic rings. The Labute approximate surface area is 125 Å². The quantitative estimate of drug-likeness (QED) is 0.896. The van der Waals surface area contributed by atoms with Crippen molar-refractivity contribution in [3.63, 3.8) is 0 Å². The summed E-state index contributed by atoms with van der Waals surface area (Å²) in [7, 11) is 3.12. The average molecular weight is 307 g/mol. The normalized spacial score (nSPS) is 10.3. The van der Waals surface area contributed by atoms with Gasteiger partial charge in [0.15, 0.2) is 12.3 Å². The number of rotatable bonds is 5. The highest BCUT2D eigenvalue weighted by atomic mass is 19.1. The second-order valence-electron chi connectivity index (χ2n) is 4.61. The van der Waals surface area contributed by atoms with E-state index in [-0.39, 0.29) is 29.8 Å². The van der Waals surface area contributed by atoms with Gasteiger partial charge >= 0.3 is 5.97 Å². The van der Waals surface area contributed by atoms with Crippen LogP contribution in [0.5, 0.6) is 5.88 Å². The third kappa shape index (κ3) is 3.22. The van der Waals surface area contributed by atoms with Crippen LogP contribution in [0.1, 0.15) is 10.5 Å². The molecule has 0 unspecified atom stereocenters. The predicted molar refractivity (Wildman–Crippen MR) is 74.7 cm³/mol. The topological polar surface area (TPSA) is 84.7 Å². The van der Waals surface area contributed by atoms with Crippen LogP contribution >= 0.6 is 0 Å². The number of aromatic nitrogens is 2. The lowest BCUT2D eigenvalue weighted by molar-refractivity contribution is -0.130. The maximum atomic E-state index is 13.9. The molecule has 0 saturated heterocycles. The summed E-state index contributed by atoms with van der Waals surface area (Å²) in [5.74, 6) is -2.22. The van der Waals surface area contributed by atoms with Gasteiger partial charge in [-0.25, -0.2) is 9.18 Å². The van der Waals surface area contributed by atoms with Gasteiger partial charge in [0.1, 0.15) is 11.5 Å². The van der Waals surface area contributed by atoms with Gasteiger partial charge in [-0.2, -0.15) is 9.78 Å². The van der Waals surface area contributed by atoms with E-state index in [9.17, 15) is 14.0 Å². The summed E-state index contributed by atoms with van der Waals surface area (Å²) in [4.78, 5) is 23.9. The second kappa shape index (κ2) is 6.25. The Bertz CT molecular complexity index is 712. The minimum Gasteiger partial charge on any atom is -0.476 e. The first kappa shape index (κ1) is 15.5. The molecular formula is C14H14FN3O4. The Morgan fingerprint density at radius 1 is 1.36 bits per heavy atom. The lowest BCUT2D eigenvalue weighted by Gasteiger charge is -2.12. The number of hydrogen-bond acceptors (Lipinski definition) is 4. The number of amides is 1. The van der Waals surface area contributed by atoms with Crippen LogP contribution in [0.4, 0.5) is 4.39 Å². The number of hydrogen-bond donors (Lipinski definition) is 1. The van der Waals surface area contributed by atoms with Crippen molar-refractivity contribution >= 4 is 11.9 Å². The van der Waals surface area contributed by atoms with Gasteiger partial charge in [-0.05, 0) is 12.1 Å². The molecule has 1 amide bonds. The molecule has 0 spiro atoms. The number of carbonyl (C=O) groups excluding carboxylic acids is 1. The van der Waals surface area contributed by atoms with Crippen LogP contribution in [0.25, 0.3) is 5.69 Å². The number of halogens is 1. The minimum absolute atomic E-state index is 0.0299. The molecule has 7 nitrogen and oxygen atoms in total. The molecule has 1 aromatic heterocycles. The van der Waals surface area contributed by atoms with Gasteiger partial charge in [-0.1, -0.05) is 12.1 Å². The van der Waals surface area contributed by atoms with E-state index in [1.807, 2.05) is 0 Å². The molecule has 0 aliphatic carbocycles. The molecule has 116 valence electrons. The fourth-order valence-electron chi connectivity index (χ4n) is 1.63. The highest BCUT2D eigenvalue weighted by molar-refractivity contribution is 5.85. The van der Waals surface area contributed by atoms with Crippen LogP contribution in [0.2, 0.25) is 0 Å². The van der Waals surface area contributed by atoms with Crippen LogP contribution in [-0.4, -0.2) is 52.4 Å². The zero-order valence-corrected chi connectivity index (χ0v) is 12.0. The van der Waals surface area contributed by atoms with Crippen LogP contribution in [-0.2, 0) is 4.79 Å². The van der Waals surface area contributed by atoms with Crippen LogP contribution in [0.3, 0.4) is 0 Å². The maximum absolute atomic E-state index is 13.9. The third-order valence-electron chi connectivity index (χ3n) is 2.82. The Morgan fingerprint density at radius 3 is 2.64 bits per heavy atom. The molecule has 0 bridgehead atoms. The van der Waals surface area contributed by atoms with E-state index in [2.05, 4.69) is 5.10 Å². The maximum Gasteiger partial charge on any atom is 0.356 e. The minimum atomic E-state index is -1.28. The molecule has 2 rings (SSSR count). The molecule has 0 aliphatic rings. The first-order chi connectivity index (χ1) is 10.4. The number of aromatic carboxylic acids is 1. The van der Waals surface area contributed by atoms with E-state index >= 15 is 0 Å². The van der Waals surface area contributed by atoms with Crippen molar-refractivity contribution in [2.75, 3.05) is 20.7 Å². The lowest BCUT2D eigenvalue weighted by atomic mass is 10.3. The lowest BCUT2D eigenvalue weighted by Crippen LogP contribution is -2.28. The fraction of sp³-hybridized carbons (Fsp3) is 0.214. The van der Waals surface area contributed by atoms with E-state index in [1.54, 1.807) is 20.2 Å². The number of carbonyl (C=O) groups is 2. The van der Waals surface area contributed by atoms with Crippen molar-refractivity contribution < 1.29 is 23.8 Å². The summed E-state index contributed by atoms with van der Waals surface area (Å²) in [6.07, 6.45) is 0. The van der Waals surface area contributed by atoms with E-state index in [0.717, 1.165) is 10.7 Å². The summed E-state index contributed by atoms with van der Waals surface area (Å²) in [6.45, 7) is -0.313. The first-order valence-corrected chi connectivity index (χ1v) is 6.31. The number of ether oxygens (including phenoxy) is 1. The van der Waals surface area contributed by atoms with Gasteiger partial charge in [0.05, 0.1) is 0 Å². The van der Waals surface area contributed by atoms with Crippen LogP contribution < -0.4 is 4.74 Å². The number of likely N-dealkylation sites (N-methyl/N-ethyl adjacent to an activating group) is 1. The molecule has 1 aromatic carbocycles. The Morgan fingerprint density at radius 2 is 2.05 bits per heavy atom. The molecule has 0 atom stereocenters. The number of para-hydroxylation sites is 1. The van der Waals surface area contributed by atoms with Crippen molar-refractivity contribution in [2.24, 2.45) is 0 Å². The summed E-state index contributed by atoms with van der Waals surface area (Å²) in [5.41, 5.74) is -0.280. The van der Waals surface area contributed by atoms with Crippen LogP contribution in [0.15, 0.2) is 30.3 Å². The molecule has 0 fully saturated rings. The number of carboxylic acids is 1. The number of nitrogens with zero attached hydrogens (tertiary/aromatic N) is 3. The summed E-state index contributed by atoms with van der Waals surface area (Å²) < 4.78 is 20.1. The van der Waals surface area contributed by atoms with E-state index in [1.165, 1.54) is 23.1 Å². The van der Waals surface area contributed by atoms with Gasteiger partial charge in [0.25, 0.3) is 5.91 Å². The Hall–Kier alpha value is -2.90. The van der Waals surface area contributed by atoms with E-state index < -0.39 is 11.8 Å². The van der Waals surface area contributed by atoms with E-state index in [0.29, 0.717) is 0 Å². The average Bonchev–Trinajstić information content (AvgIpc) is 2.89. The smallest absolute Gasteiger partial charge is 0.356 e. The SMILES string of the molecule is CN(C)C(=O)COc1cc(C(=O)O)nn1-c1ccccc1F. The molecule has 0 radical (unpaired) electrons. The number of benzene rings is 1. The Kier molecular flexibility index (Phi) is 4.40. The van der Waals surface area contributed by atoms with Gasteiger partial charge < -0.3 is 14.7 Å². The van der Waals surface area contributed by atoms with Crippen molar-refractivity contribution in [3.8, 4) is 11.6 Å². The highest BCUT2D eigenvalue weighted by Crippen LogP contribution is 2.21.